The zero-order valence-corrected chi connectivity index (χ0v) is 15.5. The molecule has 27 heavy (non-hydrogen) atoms. The summed E-state index contributed by atoms with van der Waals surface area (Å²) < 4.78 is 19.7. The van der Waals surface area contributed by atoms with Crippen molar-refractivity contribution in [1.82, 2.24) is 0 Å². The maximum Gasteiger partial charge on any atom is 0.128 e. The molecule has 3 aromatic rings. The average molecular weight is 381 g/mol. The molecule has 0 fully saturated rings. The second-order valence-electron chi connectivity index (χ2n) is 6.34. The van der Waals surface area contributed by atoms with Crippen molar-refractivity contribution in [2.24, 2.45) is 5.10 Å². The molecule has 0 bridgehead atoms. The van der Waals surface area contributed by atoms with E-state index in [4.69, 9.17) is 21.4 Å². The monoisotopic (exact) mass is 380 g/mol. The molecule has 3 nitrogen and oxygen atoms in total. The number of anilines is 1. The highest BCUT2D eigenvalue weighted by molar-refractivity contribution is 6.30. The molecule has 136 valence electrons. The first-order valence-electron chi connectivity index (χ1n) is 8.67. The van der Waals surface area contributed by atoms with E-state index < -0.39 is 0 Å². The molecule has 0 radical (unpaired) electrons. The van der Waals surface area contributed by atoms with Crippen molar-refractivity contribution in [2.45, 2.75) is 12.5 Å². The number of hydrazone groups is 1. The molecule has 0 saturated carbocycles. The molecule has 0 amide bonds. The Morgan fingerprint density at radius 1 is 1.00 bits per heavy atom. The highest BCUT2D eigenvalue weighted by atomic mass is 35.5. The van der Waals surface area contributed by atoms with E-state index in [1.807, 2.05) is 65.7 Å². The highest BCUT2D eigenvalue weighted by Crippen LogP contribution is 2.38. The maximum atomic E-state index is 14.5. The van der Waals surface area contributed by atoms with Gasteiger partial charge in [0.25, 0.3) is 0 Å². The minimum Gasteiger partial charge on any atom is -0.497 e. The van der Waals surface area contributed by atoms with Gasteiger partial charge in [-0.15, -0.1) is 0 Å². The van der Waals surface area contributed by atoms with Gasteiger partial charge in [-0.1, -0.05) is 29.8 Å². The summed E-state index contributed by atoms with van der Waals surface area (Å²) in [5.74, 6) is 0.560. The molecule has 1 aliphatic heterocycles. The molecule has 0 N–H and O–H groups in total. The van der Waals surface area contributed by atoms with Gasteiger partial charge in [0.15, 0.2) is 0 Å². The van der Waals surface area contributed by atoms with Crippen LogP contribution < -0.4 is 9.75 Å². The van der Waals surface area contributed by atoms with E-state index in [0.29, 0.717) is 17.0 Å². The third-order valence-electron chi connectivity index (χ3n) is 4.69. The van der Waals surface area contributed by atoms with Gasteiger partial charge in [0.2, 0.25) is 0 Å². The van der Waals surface area contributed by atoms with Gasteiger partial charge >= 0.3 is 0 Å². The summed E-state index contributed by atoms with van der Waals surface area (Å²) in [6, 6.07) is 21.8. The fourth-order valence-electron chi connectivity index (χ4n) is 3.29. The quantitative estimate of drug-likeness (QED) is 0.567. The van der Waals surface area contributed by atoms with Gasteiger partial charge in [-0.2, -0.15) is 5.10 Å². The first kappa shape index (κ1) is 17.6. The van der Waals surface area contributed by atoms with Gasteiger partial charge in [0.1, 0.15) is 11.6 Å². The van der Waals surface area contributed by atoms with Crippen molar-refractivity contribution in [1.29, 1.82) is 0 Å². The van der Waals surface area contributed by atoms with Crippen LogP contribution in [-0.4, -0.2) is 12.8 Å². The highest BCUT2D eigenvalue weighted by Gasteiger charge is 2.31. The molecule has 0 spiro atoms. The van der Waals surface area contributed by atoms with Crippen molar-refractivity contribution >= 4 is 23.0 Å². The Kier molecular flexibility index (Phi) is 4.82. The van der Waals surface area contributed by atoms with Crippen LogP contribution in [0.5, 0.6) is 5.75 Å². The lowest BCUT2D eigenvalue weighted by Crippen LogP contribution is -2.19. The molecule has 4 rings (SSSR count). The molecule has 1 aliphatic rings. The lowest BCUT2D eigenvalue weighted by molar-refractivity contribution is 0.415. The molecule has 1 heterocycles. The minimum atomic E-state index is -0.229. The Hall–Kier alpha value is -2.85. The zero-order chi connectivity index (χ0) is 18.8. The number of benzene rings is 3. The topological polar surface area (TPSA) is 24.8 Å². The van der Waals surface area contributed by atoms with E-state index in [-0.39, 0.29) is 11.9 Å². The lowest BCUT2D eigenvalue weighted by atomic mass is 9.97. The van der Waals surface area contributed by atoms with Crippen LogP contribution in [0.2, 0.25) is 5.02 Å². The van der Waals surface area contributed by atoms with Crippen molar-refractivity contribution in [3.05, 3.63) is 94.8 Å². The number of methoxy groups -OCH3 is 1. The molecule has 3 aromatic carbocycles. The SMILES string of the molecule is COc1ccc(C2=NN(c3ccc(Cl)cc3)[C@H](c3ccccc3F)C2)cc1. The third kappa shape index (κ3) is 3.53. The Morgan fingerprint density at radius 2 is 1.70 bits per heavy atom. The van der Waals surface area contributed by atoms with Crippen LogP contribution in [0.4, 0.5) is 10.1 Å². The van der Waals surface area contributed by atoms with Crippen molar-refractivity contribution in [2.75, 3.05) is 12.1 Å². The second kappa shape index (κ2) is 7.41. The number of rotatable bonds is 4. The normalized spacial score (nSPS) is 16.3. The van der Waals surface area contributed by atoms with Gasteiger partial charge in [-0.05, 0) is 60.2 Å². The fourth-order valence-corrected chi connectivity index (χ4v) is 3.41. The van der Waals surface area contributed by atoms with Crippen molar-refractivity contribution < 1.29 is 9.13 Å². The summed E-state index contributed by atoms with van der Waals surface area (Å²) in [5, 5.41) is 7.33. The van der Waals surface area contributed by atoms with Crippen molar-refractivity contribution in [3.8, 4) is 5.75 Å². The van der Waals surface area contributed by atoms with Gasteiger partial charge < -0.3 is 4.74 Å². The minimum absolute atomic E-state index is 0.218. The van der Waals surface area contributed by atoms with Crippen LogP contribution in [0.25, 0.3) is 0 Å². The van der Waals surface area contributed by atoms with Gasteiger partial charge in [-0.3, -0.25) is 5.01 Å². The lowest BCUT2D eigenvalue weighted by Gasteiger charge is -2.24. The van der Waals surface area contributed by atoms with Crippen LogP contribution in [-0.2, 0) is 0 Å². The van der Waals surface area contributed by atoms with Gasteiger partial charge in [-0.25, -0.2) is 4.39 Å². The standard InChI is InChI=1S/C22H18ClFN2O/c1-27-18-12-6-15(7-13-18)21-14-22(19-4-2-3-5-20(19)24)26(25-21)17-10-8-16(23)9-11-17/h2-13,22H,14H2,1H3/t22-/m0/s1. The summed E-state index contributed by atoms with van der Waals surface area (Å²) in [6.07, 6.45) is 0.607. The number of hydrogen-bond donors (Lipinski definition) is 0. The van der Waals surface area contributed by atoms with E-state index in [1.165, 1.54) is 6.07 Å². The van der Waals surface area contributed by atoms with E-state index in [2.05, 4.69) is 0 Å². The first-order chi connectivity index (χ1) is 13.2. The van der Waals surface area contributed by atoms with Crippen LogP contribution in [0, 0.1) is 5.82 Å². The summed E-state index contributed by atoms with van der Waals surface area (Å²) in [4.78, 5) is 0. The number of nitrogens with zero attached hydrogens (tertiary/aromatic N) is 2. The van der Waals surface area contributed by atoms with Crippen LogP contribution in [0.3, 0.4) is 0 Å². The summed E-state index contributed by atoms with van der Waals surface area (Å²) in [7, 11) is 1.64. The van der Waals surface area contributed by atoms with Gasteiger partial charge in [0, 0.05) is 17.0 Å². The number of halogens is 2. The average Bonchev–Trinajstić information content (AvgIpc) is 3.14. The Bertz CT molecular complexity index is 970. The van der Waals surface area contributed by atoms with Crippen LogP contribution in [0.1, 0.15) is 23.6 Å². The van der Waals surface area contributed by atoms with Gasteiger partial charge in [0.05, 0.1) is 24.6 Å². The molecule has 0 unspecified atom stereocenters. The summed E-state index contributed by atoms with van der Waals surface area (Å²) in [5.41, 5.74) is 3.39. The fraction of sp³-hybridized carbons (Fsp3) is 0.136. The Balaban J connectivity index is 1.74. The summed E-state index contributed by atoms with van der Waals surface area (Å²) >= 11 is 6.02. The molecule has 5 heteroatoms. The smallest absolute Gasteiger partial charge is 0.128 e. The number of hydrogen-bond acceptors (Lipinski definition) is 3. The first-order valence-corrected chi connectivity index (χ1v) is 9.04. The van der Waals surface area contributed by atoms with E-state index in [0.717, 1.165) is 22.7 Å². The van der Waals surface area contributed by atoms with E-state index in [1.54, 1.807) is 13.2 Å². The van der Waals surface area contributed by atoms with E-state index >= 15 is 0 Å². The van der Waals surface area contributed by atoms with E-state index in [9.17, 15) is 4.39 Å². The molecule has 0 aromatic heterocycles. The Morgan fingerprint density at radius 3 is 2.37 bits per heavy atom. The molecular formula is C22H18ClFN2O. The Labute approximate surface area is 162 Å². The predicted molar refractivity (Wildman–Crippen MR) is 107 cm³/mol. The number of ether oxygens (including phenoxy) is 1. The molecule has 0 saturated heterocycles. The molecular weight excluding hydrogens is 363 g/mol. The molecule has 1 atom stereocenters. The van der Waals surface area contributed by atoms with Crippen LogP contribution in [0.15, 0.2) is 77.9 Å². The van der Waals surface area contributed by atoms with Crippen molar-refractivity contribution in [3.63, 3.8) is 0 Å². The maximum absolute atomic E-state index is 14.5. The predicted octanol–water partition coefficient (Wildman–Crippen LogP) is 5.84. The van der Waals surface area contributed by atoms with Crippen LogP contribution >= 0.6 is 11.6 Å². The second-order valence-corrected chi connectivity index (χ2v) is 6.77. The zero-order valence-electron chi connectivity index (χ0n) is 14.8. The largest absolute Gasteiger partial charge is 0.497 e. The molecule has 0 aliphatic carbocycles. The summed E-state index contributed by atoms with van der Waals surface area (Å²) in [6.45, 7) is 0. The third-order valence-corrected chi connectivity index (χ3v) is 4.94.